The molecule has 0 bridgehead atoms. The second-order valence-corrected chi connectivity index (χ2v) is 29.0. The summed E-state index contributed by atoms with van der Waals surface area (Å²) < 4.78 is 76.6. The van der Waals surface area contributed by atoms with Crippen LogP contribution in [0.4, 0.5) is 17.5 Å². The van der Waals surface area contributed by atoms with Gasteiger partial charge in [-0.2, -0.15) is 10.2 Å². The van der Waals surface area contributed by atoms with Crippen LogP contribution in [0.25, 0.3) is 89.4 Å². The van der Waals surface area contributed by atoms with E-state index in [9.17, 15) is 16.8 Å². The first kappa shape index (κ1) is 74.7. The van der Waals surface area contributed by atoms with E-state index < -0.39 is 20.0 Å². The number of hydrogen-bond acceptors (Lipinski definition) is 18. The van der Waals surface area contributed by atoms with Crippen LogP contribution >= 0.6 is 11.6 Å². The molecule has 14 heterocycles. The van der Waals surface area contributed by atoms with Gasteiger partial charge in [0.25, 0.3) is 20.0 Å². The number of anilines is 3. The van der Waals surface area contributed by atoms with Gasteiger partial charge < -0.3 is 41.3 Å². The van der Waals surface area contributed by atoms with Crippen molar-refractivity contribution < 1.29 is 52.1 Å². The van der Waals surface area contributed by atoms with Crippen molar-refractivity contribution in [2.24, 2.45) is 14.1 Å². The Kier molecular flexibility index (Phi) is 23.3. The first-order valence-corrected chi connectivity index (χ1v) is 36.9. The number of pyridine rings is 6. The predicted octanol–water partition coefficient (Wildman–Crippen LogP) is 13.5. The number of nitrogens with zero attached hydrogens (tertiary/aromatic N) is 15. The van der Waals surface area contributed by atoms with Gasteiger partial charge in [-0.1, -0.05) is 60.8 Å². The molecule has 3 saturated heterocycles. The molecule has 0 radical (unpaired) electrons. The summed E-state index contributed by atoms with van der Waals surface area (Å²) in [6, 6.07) is 41.6. The monoisotopic (exact) mass is 1610 g/mol. The molecule has 27 heteroatoms. The zero-order valence-corrected chi connectivity index (χ0v) is 64.4. The Morgan fingerprint density at radius 1 is 0.476 bits per heavy atom. The fraction of sp³-hybridized carbons (Fsp3) is 0.276. The third-order valence-electron chi connectivity index (χ3n) is 18.2. The maximum Gasteiger partial charge on any atom is 0.269 e. The SMILES string of the molecule is CC.C[C@@H]1COCCN1c1cc(-c2ccnn2C)cc(-c2ccnc3[nH]ccc23)n1.Cc1ccc(S(=O)(=O)n2ccc3c(-c4cc(-c5ccnn5C)cc(N5CCOC[C@H]5C)n4)ccnc32)cc1.Cc1ccc(S(=O)(=O)n2ccc3c(-c4cc(Cl)cc(N5CCOC[C@H]5C)n4)ccnc32)cc1.[CH3-].[W]. The fourth-order valence-corrected chi connectivity index (χ4v) is 15.7. The molecule has 0 spiro atoms. The Bertz CT molecular complexity index is 5350. The molecule has 0 aliphatic carbocycles. The Balaban J connectivity index is 0.000000153. The summed E-state index contributed by atoms with van der Waals surface area (Å²) in [6.07, 6.45) is 13.7. The van der Waals surface area contributed by atoms with Crippen LogP contribution in [0.5, 0.6) is 0 Å². The molecule has 11 aromatic heterocycles. The molecule has 0 amide bonds. The van der Waals surface area contributed by atoms with Crippen LogP contribution in [0.2, 0.25) is 5.02 Å². The van der Waals surface area contributed by atoms with E-state index in [0.717, 1.165) is 110 Å². The van der Waals surface area contributed by atoms with Gasteiger partial charge in [-0.3, -0.25) is 9.36 Å². The van der Waals surface area contributed by atoms with Crippen LogP contribution in [0, 0.1) is 21.3 Å². The van der Waals surface area contributed by atoms with Gasteiger partial charge in [0.1, 0.15) is 23.1 Å². The number of fused-ring (bicyclic) bond motifs is 3. The van der Waals surface area contributed by atoms with Gasteiger partial charge in [-0.05, 0) is 144 Å². The molecule has 534 valence electrons. The molecule has 3 aliphatic rings. The molecule has 0 unspecified atom stereocenters. The standard InChI is InChI=1S/C28H28N6O3S.C24H23ClN4O3S.C21H22N6O.C2H6.CH3.W/c1-19-4-6-22(7-5-19)38(35,36)34-13-10-24-23(8-11-29-28(24)34)25-16-21(26-9-12-30-32(26)3)17-27(31-25)33-14-15-37-18-20(33)2;1-16-3-5-19(6-4-16)33(30,31)29-10-8-21-20(7-9-26-24(21)29)22-13-18(25)14-23(27-22)28-11-12-32-15-17(28)2;1-14-13-28-10-9-27(14)20-12-15(19-5-8-24-26(19)2)11-18(25-20)16-3-6-22-21-17(16)4-7-23-21;1-2;;/h4-13,16-17,20H,14-15,18H2,1-3H3;3-10,13-14,17H,11-12,15H2,1-2H3;3-8,11-12,14H,9-10,13H2,1-2H3,(H,22,23);1-2H3;1H3;/q;;;;-1;/t20-;17-;14-;;;/m111.../s1. The molecule has 0 saturated carbocycles. The van der Waals surface area contributed by atoms with E-state index in [1.807, 2.05) is 118 Å². The van der Waals surface area contributed by atoms with E-state index in [4.69, 9.17) is 40.8 Å². The van der Waals surface area contributed by atoms with Gasteiger partial charge in [0.2, 0.25) is 0 Å². The average Bonchev–Trinajstić information content (AvgIpc) is 1.65. The van der Waals surface area contributed by atoms with Crippen LogP contribution in [0.15, 0.2) is 193 Å². The number of morpholine rings is 3. The number of ether oxygens (including phenoxy) is 3. The van der Waals surface area contributed by atoms with Crippen molar-refractivity contribution in [2.45, 2.75) is 76.4 Å². The smallest absolute Gasteiger partial charge is 0.269 e. The third-order valence-corrected chi connectivity index (χ3v) is 21.8. The summed E-state index contributed by atoms with van der Waals surface area (Å²) in [6.45, 7) is 20.5. The van der Waals surface area contributed by atoms with Gasteiger partial charge in [0.05, 0.1) is 96.0 Å². The van der Waals surface area contributed by atoms with E-state index in [2.05, 4.69) is 83.8 Å². The Labute approximate surface area is 619 Å². The minimum atomic E-state index is -3.82. The van der Waals surface area contributed by atoms with E-state index in [0.29, 0.717) is 72.4 Å². The molecular weight excluding hydrogens is 1530 g/mol. The van der Waals surface area contributed by atoms with Crippen LogP contribution in [-0.2, 0) is 69.4 Å². The number of aromatic nitrogens is 13. The zero-order chi connectivity index (χ0) is 70.7. The summed E-state index contributed by atoms with van der Waals surface area (Å²) in [5.41, 5.74) is 12.6. The first-order chi connectivity index (χ1) is 48.9. The van der Waals surface area contributed by atoms with E-state index in [-0.39, 0.29) is 56.4 Å². The summed E-state index contributed by atoms with van der Waals surface area (Å²) in [4.78, 5) is 38.6. The van der Waals surface area contributed by atoms with Crippen molar-refractivity contribution in [3.05, 3.63) is 207 Å². The van der Waals surface area contributed by atoms with E-state index >= 15 is 0 Å². The minimum absolute atomic E-state index is 0. The summed E-state index contributed by atoms with van der Waals surface area (Å²) >= 11 is 6.47. The number of rotatable bonds is 12. The maximum atomic E-state index is 13.5. The van der Waals surface area contributed by atoms with Crippen LogP contribution in [0.3, 0.4) is 0 Å². The summed E-state index contributed by atoms with van der Waals surface area (Å²) in [7, 11) is -3.74. The molecule has 13 aromatic rings. The number of nitrogens with one attached hydrogen (secondary N) is 1. The second-order valence-electron chi connectivity index (χ2n) is 24.9. The van der Waals surface area contributed by atoms with Gasteiger partial charge in [-0.15, -0.1) is 0 Å². The van der Waals surface area contributed by atoms with Gasteiger partial charge in [0.15, 0.2) is 11.3 Å². The number of aromatic amines is 1. The molecule has 16 rings (SSSR count). The van der Waals surface area contributed by atoms with Gasteiger partial charge >= 0.3 is 0 Å². The fourth-order valence-electron chi connectivity index (χ4n) is 12.9. The van der Waals surface area contributed by atoms with Crippen LogP contribution in [0.1, 0.15) is 45.7 Å². The molecule has 23 nitrogen and oxygen atoms in total. The third kappa shape index (κ3) is 15.5. The molecule has 103 heavy (non-hydrogen) atoms. The Morgan fingerprint density at radius 2 is 0.864 bits per heavy atom. The number of halogens is 1. The van der Waals surface area contributed by atoms with Crippen molar-refractivity contribution in [1.82, 2.24) is 62.4 Å². The average molecular weight is 1620 g/mol. The number of hydrogen-bond donors (Lipinski definition) is 1. The van der Waals surface area contributed by atoms with Gasteiger partial charge in [-0.25, -0.2) is 54.7 Å². The van der Waals surface area contributed by atoms with Crippen molar-refractivity contribution in [2.75, 3.05) is 74.0 Å². The van der Waals surface area contributed by atoms with Crippen molar-refractivity contribution in [3.63, 3.8) is 0 Å². The van der Waals surface area contributed by atoms with Crippen molar-refractivity contribution in [1.29, 1.82) is 0 Å². The maximum absolute atomic E-state index is 13.5. The number of aryl methyl sites for hydroxylation is 4. The van der Waals surface area contributed by atoms with E-state index in [1.165, 1.54) is 14.1 Å². The van der Waals surface area contributed by atoms with Crippen LogP contribution in [-0.4, -0.2) is 157 Å². The normalized spacial score (nSPS) is 16.2. The summed E-state index contributed by atoms with van der Waals surface area (Å²) in [5, 5.41) is 11.7. The largest absolute Gasteiger partial charge is 0.377 e. The molecule has 1 N–H and O–H groups in total. The topological polar surface area (TPSA) is 244 Å². The Hall–Kier alpha value is -9.46. The molecule has 3 aliphatic heterocycles. The number of benzene rings is 2. The van der Waals surface area contributed by atoms with Gasteiger partial charge in [0, 0.05) is 153 Å². The van der Waals surface area contributed by atoms with Crippen molar-refractivity contribution >= 4 is 82.2 Å². The predicted molar refractivity (Wildman–Crippen MR) is 403 cm³/mol. The first-order valence-electron chi connectivity index (χ1n) is 33.6. The van der Waals surface area contributed by atoms with Crippen LogP contribution < -0.4 is 14.7 Å². The minimum Gasteiger partial charge on any atom is -0.377 e. The molecule has 3 fully saturated rings. The van der Waals surface area contributed by atoms with E-state index in [1.54, 1.807) is 91.5 Å². The Morgan fingerprint density at radius 3 is 1.26 bits per heavy atom. The molecular formula is C76H82ClN16O7S2W-. The quantitative estimate of drug-likeness (QED) is 0.112. The second kappa shape index (κ2) is 32.1. The molecule has 3 atom stereocenters. The zero-order valence-electron chi connectivity index (χ0n) is 59.1. The number of H-pyrrole nitrogens is 1. The van der Waals surface area contributed by atoms with Crippen molar-refractivity contribution in [3.8, 4) is 56.3 Å². The molecule has 2 aromatic carbocycles. The summed E-state index contributed by atoms with van der Waals surface area (Å²) in [5.74, 6) is 2.57.